The molecule has 0 radical (unpaired) electrons. The fraction of sp³-hybridized carbons (Fsp3) is 0.455. The third kappa shape index (κ3) is 4.53. The van der Waals surface area contributed by atoms with Gasteiger partial charge in [-0.2, -0.15) is 0 Å². The molecule has 0 bridgehead atoms. The topological polar surface area (TPSA) is 115 Å². The van der Waals surface area contributed by atoms with Gasteiger partial charge in [-0.1, -0.05) is 31.4 Å². The maximum Gasteiger partial charge on any atom is 0.294 e. The molecule has 1 aromatic carbocycles. The molecule has 0 atom stereocenters. The summed E-state index contributed by atoms with van der Waals surface area (Å²) in [6, 6.07) is 2.18. The number of hydrogen-bond donors (Lipinski definition) is 2. The molecule has 0 fully saturated rings. The zero-order valence-electron chi connectivity index (χ0n) is 10.9. The highest BCUT2D eigenvalue weighted by atomic mass is 35.5. The van der Waals surface area contributed by atoms with Crippen molar-refractivity contribution in [3.8, 4) is 0 Å². The summed E-state index contributed by atoms with van der Waals surface area (Å²) in [6.45, 7) is 1.96. The molecule has 0 saturated carbocycles. The monoisotopic (exact) mass is 321 g/mol. The third-order valence-corrected chi connectivity index (χ3v) is 4.26. The predicted molar refractivity (Wildman–Crippen MR) is 79.5 cm³/mol. The molecule has 0 aliphatic carbocycles. The van der Waals surface area contributed by atoms with Gasteiger partial charge in [-0.3, -0.25) is 14.8 Å². The Kier molecular flexibility index (Phi) is 5.58. The van der Waals surface area contributed by atoms with E-state index in [2.05, 4.69) is 4.72 Å². The van der Waals surface area contributed by atoms with Crippen molar-refractivity contribution in [3.05, 3.63) is 27.3 Å². The van der Waals surface area contributed by atoms with E-state index in [4.69, 9.17) is 17.3 Å². The lowest BCUT2D eigenvalue weighted by Gasteiger charge is -2.10. The lowest BCUT2D eigenvalue weighted by Crippen LogP contribution is -2.17. The fourth-order valence-corrected chi connectivity index (χ4v) is 3.04. The van der Waals surface area contributed by atoms with Crippen molar-refractivity contribution in [1.29, 1.82) is 0 Å². The van der Waals surface area contributed by atoms with Crippen molar-refractivity contribution in [1.82, 2.24) is 0 Å². The molecule has 3 N–H and O–H groups in total. The first-order valence-corrected chi connectivity index (χ1v) is 8.03. The highest BCUT2D eigenvalue weighted by Crippen LogP contribution is 2.33. The van der Waals surface area contributed by atoms with Crippen LogP contribution in [-0.2, 0) is 10.0 Å². The fourth-order valence-electron chi connectivity index (χ4n) is 1.57. The van der Waals surface area contributed by atoms with Gasteiger partial charge in [-0.15, -0.1) is 0 Å². The van der Waals surface area contributed by atoms with E-state index in [1.165, 1.54) is 0 Å². The third-order valence-electron chi connectivity index (χ3n) is 2.60. The number of nitrogens with one attached hydrogen (secondary N) is 1. The van der Waals surface area contributed by atoms with E-state index in [9.17, 15) is 18.5 Å². The number of nitrogens with zero attached hydrogens (tertiary/aromatic N) is 1. The van der Waals surface area contributed by atoms with Crippen LogP contribution in [0.25, 0.3) is 0 Å². The Labute approximate surface area is 122 Å². The molecule has 1 rings (SSSR count). The minimum Gasteiger partial charge on any atom is -0.393 e. The van der Waals surface area contributed by atoms with E-state index < -0.39 is 14.9 Å². The molecular formula is C11H16ClN3O4S. The summed E-state index contributed by atoms with van der Waals surface area (Å²) in [6.07, 6.45) is 2.20. The first-order chi connectivity index (χ1) is 9.26. The molecule has 1 aromatic rings. The molecule has 0 amide bonds. The van der Waals surface area contributed by atoms with Crippen LogP contribution in [0.4, 0.5) is 17.1 Å². The molecule has 0 spiro atoms. The van der Waals surface area contributed by atoms with Crippen LogP contribution < -0.4 is 10.5 Å². The van der Waals surface area contributed by atoms with Crippen LogP contribution in [0.5, 0.6) is 0 Å². The number of anilines is 2. The molecule has 9 heteroatoms. The summed E-state index contributed by atoms with van der Waals surface area (Å²) < 4.78 is 25.9. The largest absolute Gasteiger partial charge is 0.393 e. The smallest absolute Gasteiger partial charge is 0.294 e. The minimum atomic E-state index is -3.58. The number of benzene rings is 1. The number of halogens is 1. The molecule has 7 nitrogen and oxygen atoms in total. The SMILES string of the molecule is CCCCCS(=O)(=O)Nc1cc([N+](=O)[O-])c(N)cc1Cl. The normalized spacial score (nSPS) is 11.3. The van der Waals surface area contributed by atoms with Gasteiger partial charge >= 0.3 is 0 Å². The Morgan fingerprint density at radius 1 is 1.40 bits per heavy atom. The number of unbranched alkanes of at least 4 members (excludes halogenated alkanes) is 2. The van der Waals surface area contributed by atoms with Crippen LogP contribution in [0.1, 0.15) is 26.2 Å². The number of sulfonamides is 1. The van der Waals surface area contributed by atoms with Crippen LogP contribution >= 0.6 is 11.6 Å². The molecule has 0 unspecified atom stereocenters. The van der Waals surface area contributed by atoms with Crippen LogP contribution in [0.3, 0.4) is 0 Å². The van der Waals surface area contributed by atoms with Gasteiger partial charge in [0, 0.05) is 6.07 Å². The molecule has 0 aliphatic heterocycles. The van der Waals surface area contributed by atoms with E-state index in [-0.39, 0.29) is 27.8 Å². The lowest BCUT2D eigenvalue weighted by molar-refractivity contribution is -0.383. The average molecular weight is 322 g/mol. The maximum absolute atomic E-state index is 11.8. The average Bonchev–Trinajstić information content (AvgIpc) is 2.32. The van der Waals surface area contributed by atoms with Crippen LogP contribution in [-0.4, -0.2) is 19.1 Å². The van der Waals surface area contributed by atoms with Crippen molar-refractivity contribution in [3.63, 3.8) is 0 Å². The molecule has 0 aliphatic rings. The van der Waals surface area contributed by atoms with E-state index in [0.717, 1.165) is 25.0 Å². The highest BCUT2D eigenvalue weighted by molar-refractivity contribution is 7.92. The standard InChI is InChI=1S/C11H16ClN3O4S/c1-2-3-4-5-20(18,19)14-10-7-11(15(16)17)9(13)6-8(10)12/h6-7,14H,2-5,13H2,1H3. The Morgan fingerprint density at radius 2 is 2.05 bits per heavy atom. The van der Waals surface area contributed by atoms with E-state index in [1.54, 1.807) is 0 Å². The summed E-state index contributed by atoms with van der Waals surface area (Å²) >= 11 is 5.84. The molecule has 20 heavy (non-hydrogen) atoms. The Bertz CT molecular complexity index is 604. The molecule has 0 aromatic heterocycles. The quantitative estimate of drug-likeness (QED) is 0.347. The van der Waals surface area contributed by atoms with Gasteiger partial charge < -0.3 is 5.73 Å². The Morgan fingerprint density at radius 3 is 2.60 bits per heavy atom. The van der Waals surface area contributed by atoms with E-state index in [0.29, 0.717) is 6.42 Å². The van der Waals surface area contributed by atoms with Gasteiger partial charge in [-0.05, 0) is 12.5 Å². The van der Waals surface area contributed by atoms with E-state index >= 15 is 0 Å². The number of nitrogens with two attached hydrogens (primary N) is 1. The van der Waals surface area contributed by atoms with Gasteiger partial charge in [-0.25, -0.2) is 8.42 Å². The summed E-state index contributed by atoms with van der Waals surface area (Å²) in [5, 5.41) is 10.8. The number of rotatable bonds is 7. The highest BCUT2D eigenvalue weighted by Gasteiger charge is 2.18. The van der Waals surface area contributed by atoms with Crippen LogP contribution in [0.2, 0.25) is 5.02 Å². The summed E-state index contributed by atoms with van der Waals surface area (Å²) in [7, 11) is -3.58. The first-order valence-electron chi connectivity index (χ1n) is 6.00. The second kappa shape index (κ2) is 6.76. The van der Waals surface area contributed by atoms with Gasteiger partial charge in [0.25, 0.3) is 5.69 Å². The van der Waals surface area contributed by atoms with Crippen LogP contribution in [0, 0.1) is 10.1 Å². The number of nitrogen functional groups attached to an aromatic ring is 1. The van der Waals surface area contributed by atoms with Gasteiger partial charge in [0.05, 0.1) is 21.4 Å². The van der Waals surface area contributed by atoms with Crippen molar-refractivity contribution >= 4 is 38.7 Å². The number of nitro benzene ring substituents is 1. The number of nitro groups is 1. The second-order valence-electron chi connectivity index (χ2n) is 4.28. The van der Waals surface area contributed by atoms with Gasteiger partial charge in [0.15, 0.2) is 0 Å². The molecule has 0 heterocycles. The van der Waals surface area contributed by atoms with Crippen molar-refractivity contribution in [2.24, 2.45) is 0 Å². The van der Waals surface area contributed by atoms with E-state index in [1.807, 2.05) is 6.92 Å². The van der Waals surface area contributed by atoms with Gasteiger partial charge in [0.2, 0.25) is 10.0 Å². The van der Waals surface area contributed by atoms with Crippen molar-refractivity contribution < 1.29 is 13.3 Å². The van der Waals surface area contributed by atoms with Gasteiger partial charge in [0.1, 0.15) is 5.69 Å². The molecule has 0 saturated heterocycles. The first kappa shape index (κ1) is 16.5. The lowest BCUT2D eigenvalue weighted by atomic mass is 10.2. The zero-order valence-corrected chi connectivity index (χ0v) is 12.5. The second-order valence-corrected chi connectivity index (χ2v) is 6.53. The Hall–Kier alpha value is -1.54. The Balaban J connectivity index is 2.97. The molecule has 112 valence electrons. The van der Waals surface area contributed by atoms with Crippen molar-refractivity contribution in [2.75, 3.05) is 16.2 Å². The number of hydrogen-bond acceptors (Lipinski definition) is 5. The maximum atomic E-state index is 11.8. The zero-order chi connectivity index (χ0) is 15.3. The predicted octanol–water partition coefficient (Wildman–Crippen LogP) is 2.76. The molecular weight excluding hydrogens is 306 g/mol. The van der Waals surface area contributed by atoms with Crippen molar-refractivity contribution in [2.45, 2.75) is 26.2 Å². The summed E-state index contributed by atoms with van der Waals surface area (Å²) in [4.78, 5) is 10.1. The summed E-state index contributed by atoms with van der Waals surface area (Å²) in [5.41, 5.74) is 4.91. The summed E-state index contributed by atoms with van der Waals surface area (Å²) in [5.74, 6) is -0.0602. The van der Waals surface area contributed by atoms with Crippen LogP contribution in [0.15, 0.2) is 12.1 Å². The minimum absolute atomic E-state index is 0.0205.